The van der Waals surface area contributed by atoms with E-state index < -0.39 is 0 Å². The van der Waals surface area contributed by atoms with Crippen molar-refractivity contribution >= 4 is 0 Å². The molecule has 1 aromatic rings. The van der Waals surface area contributed by atoms with Gasteiger partial charge in [-0.1, -0.05) is 20.8 Å². The number of rotatable bonds is 0. The monoisotopic (exact) mass is 234 g/mol. The van der Waals surface area contributed by atoms with Crippen LogP contribution in [0.4, 0.5) is 0 Å². The molecule has 0 bridgehead atoms. The molecule has 0 fully saturated rings. The van der Waals surface area contributed by atoms with Gasteiger partial charge in [-0.25, -0.2) is 0 Å². The van der Waals surface area contributed by atoms with Crippen molar-refractivity contribution in [3.63, 3.8) is 0 Å². The van der Waals surface area contributed by atoms with E-state index in [1.807, 2.05) is 12.1 Å². The van der Waals surface area contributed by atoms with E-state index in [2.05, 4.69) is 34.6 Å². The van der Waals surface area contributed by atoms with E-state index in [1.54, 1.807) is 0 Å². The molecule has 0 atom stereocenters. The van der Waals surface area contributed by atoms with E-state index in [0.717, 1.165) is 29.7 Å². The summed E-state index contributed by atoms with van der Waals surface area (Å²) in [6.07, 6.45) is 1.97. The number of fused-ring (bicyclic) bond motifs is 1. The summed E-state index contributed by atoms with van der Waals surface area (Å²) < 4.78 is 6.00. The Morgan fingerprint density at radius 1 is 1.24 bits per heavy atom. The minimum absolute atomic E-state index is 0.0654. The maximum absolute atomic E-state index is 10.1. The van der Waals surface area contributed by atoms with Crippen LogP contribution in [0.5, 0.6) is 11.5 Å². The van der Waals surface area contributed by atoms with Crippen LogP contribution in [0.25, 0.3) is 0 Å². The molecule has 0 spiro atoms. The molecule has 1 aliphatic heterocycles. The van der Waals surface area contributed by atoms with Crippen molar-refractivity contribution < 1.29 is 9.84 Å². The van der Waals surface area contributed by atoms with Crippen molar-refractivity contribution in [2.45, 2.75) is 58.5 Å². The number of hydrogen-bond donors (Lipinski definition) is 1. The Balaban J connectivity index is 2.48. The number of benzene rings is 1. The number of aryl methyl sites for hydroxylation is 1. The standard InChI is InChI=1S/C15H22O2/c1-14(2,3)11-9-13-10(8-12(11)16)6-7-15(4,5)17-13/h8-9,16H,6-7H2,1-5H3. The summed E-state index contributed by atoms with van der Waals surface area (Å²) in [7, 11) is 0. The van der Waals surface area contributed by atoms with Gasteiger partial charge < -0.3 is 9.84 Å². The Morgan fingerprint density at radius 3 is 2.47 bits per heavy atom. The highest BCUT2D eigenvalue weighted by Crippen LogP contribution is 2.40. The van der Waals surface area contributed by atoms with E-state index >= 15 is 0 Å². The fourth-order valence-electron chi connectivity index (χ4n) is 2.29. The summed E-state index contributed by atoms with van der Waals surface area (Å²) in [6, 6.07) is 3.87. The number of ether oxygens (including phenoxy) is 1. The highest BCUT2D eigenvalue weighted by molar-refractivity contribution is 5.49. The van der Waals surface area contributed by atoms with Crippen molar-refractivity contribution in [2.75, 3.05) is 0 Å². The van der Waals surface area contributed by atoms with E-state index in [-0.39, 0.29) is 11.0 Å². The Bertz CT molecular complexity index is 439. The van der Waals surface area contributed by atoms with Gasteiger partial charge in [0.25, 0.3) is 0 Å². The SMILES string of the molecule is CC1(C)CCc2cc(O)c(C(C)(C)C)cc2O1. The summed E-state index contributed by atoms with van der Waals surface area (Å²) in [6.45, 7) is 10.5. The van der Waals surface area contributed by atoms with Crippen molar-refractivity contribution in [2.24, 2.45) is 0 Å². The Labute approximate surface area is 104 Å². The molecule has 0 saturated heterocycles. The Hall–Kier alpha value is -1.18. The van der Waals surface area contributed by atoms with E-state index in [0.29, 0.717) is 5.75 Å². The first-order valence-electron chi connectivity index (χ1n) is 6.24. The van der Waals surface area contributed by atoms with Crippen LogP contribution in [0.3, 0.4) is 0 Å². The topological polar surface area (TPSA) is 29.5 Å². The summed E-state index contributed by atoms with van der Waals surface area (Å²) >= 11 is 0. The van der Waals surface area contributed by atoms with Gasteiger partial charge in [-0.15, -0.1) is 0 Å². The molecule has 0 aromatic heterocycles. The molecular formula is C15H22O2. The number of phenolic OH excluding ortho intramolecular Hbond substituents is 1. The minimum Gasteiger partial charge on any atom is -0.508 e. The maximum atomic E-state index is 10.1. The molecule has 1 aliphatic rings. The van der Waals surface area contributed by atoms with Gasteiger partial charge in [-0.05, 0) is 49.8 Å². The zero-order valence-corrected chi connectivity index (χ0v) is 11.4. The van der Waals surface area contributed by atoms with Gasteiger partial charge in [-0.3, -0.25) is 0 Å². The first-order valence-corrected chi connectivity index (χ1v) is 6.24. The third-order valence-corrected chi connectivity index (χ3v) is 3.37. The normalized spacial score (nSPS) is 18.4. The molecule has 0 unspecified atom stereocenters. The summed E-state index contributed by atoms with van der Waals surface area (Å²) in [5, 5.41) is 10.1. The van der Waals surface area contributed by atoms with Gasteiger partial charge in [0.05, 0.1) is 0 Å². The molecule has 2 heteroatoms. The summed E-state index contributed by atoms with van der Waals surface area (Å²) in [4.78, 5) is 0. The van der Waals surface area contributed by atoms with Crippen LogP contribution in [0.1, 0.15) is 52.2 Å². The molecule has 1 N–H and O–H groups in total. The predicted octanol–water partition coefficient (Wildman–Crippen LogP) is 3.79. The van der Waals surface area contributed by atoms with Crippen LogP contribution in [-0.2, 0) is 11.8 Å². The largest absolute Gasteiger partial charge is 0.508 e. The molecule has 0 aliphatic carbocycles. The van der Waals surface area contributed by atoms with Crippen LogP contribution >= 0.6 is 0 Å². The lowest BCUT2D eigenvalue weighted by Crippen LogP contribution is -2.32. The van der Waals surface area contributed by atoms with E-state index in [9.17, 15) is 5.11 Å². The van der Waals surface area contributed by atoms with Crippen molar-refractivity contribution in [3.8, 4) is 11.5 Å². The average molecular weight is 234 g/mol. The fourth-order valence-corrected chi connectivity index (χ4v) is 2.29. The lowest BCUT2D eigenvalue weighted by molar-refractivity contribution is 0.0842. The number of phenols is 1. The van der Waals surface area contributed by atoms with Crippen LogP contribution < -0.4 is 4.74 Å². The van der Waals surface area contributed by atoms with Gasteiger partial charge in [0.2, 0.25) is 0 Å². The highest BCUT2D eigenvalue weighted by Gasteiger charge is 2.29. The molecule has 0 amide bonds. The molecule has 1 aromatic carbocycles. The second-order valence-corrected chi connectivity index (χ2v) is 6.59. The molecule has 2 rings (SSSR count). The van der Waals surface area contributed by atoms with Crippen LogP contribution in [-0.4, -0.2) is 10.7 Å². The quantitative estimate of drug-likeness (QED) is 0.740. The molecule has 0 saturated carbocycles. The second-order valence-electron chi connectivity index (χ2n) is 6.59. The zero-order chi connectivity index (χ0) is 12.8. The summed E-state index contributed by atoms with van der Waals surface area (Å²) in [5.41, 5.74) is 1.91. The minimum atomic E-state index is -0.0981. The molecule has 94 valence electrons. The third kappa shape index (κ3) is 2.41. The van der Waals surface area contributed by atoms with Crippen LogP contribution in [0.2, 0.25) is 0 Å². The first kappa shape index (κ1) is 12.3. The van der Waals surface area contributed by atoms with E-state index in [1.165, 1.54) is 0 Å². The van der Waals surface area contributed by atoms with Crippen molar-refractivity contribution in [1.29, 1.82) is 0 Å². The molecule has 1 heterocycles. The predicted molar refractivity (Wildman–Crippen MR) is 69.8 cm³/mol. The number of hydrogen-bond acceptors (Lipinski definition) is 2. The van der Waals surface area contributed by atoms with Gasteiger partial charge in [0.1, 0.15) is 17.1 Å². The van der Waals surface area contributed by atoms with Crippen molar-refractivity contribution in [1.82, 2.24) is 0 Å². The molecule has 2 nitrogen and oxygen atoms in total. The van der Waals surface area contributed by atoms with E-state index in [4.69, 9.17) is 4.74 Å². The molecular weight excluding hydrogens is 212 g/mol. The van der Waals surface area contributed by atoms with Gasteiger partial charge >= 0.3 is 0 Å². The van der Waals surface area contributed by atoms with Gasteiger partial charge in [-0.2, -0.15) is 0 Å². The van der Waals surface area contributed by atoms with Gasteiger partial charge in [0.15, 0.2) is 0 Å². The lowest BCUT2D eigenvalue weighted by atomic mass is 9.84. The van der Waals surface area contributed by atoms with Crippen molar-refractivity contribution in [3.05, 3.63) is 23.3 Å². The number of aromatic hydroxyl groups is 1. The fraction of sp³-hybridized carbons (Fsp3) is 0.600. The highest BCUT2D eigenvalue weighted by atomic mass is 16.5. The molecule has 0 radical (unpaired) electrons. The van der Waals surface area contributed by atoms with Crippen LogP contribution in [0.15, 0.2) is 12.1 Å². The maximum Gasteiger partial charge on any atom is 0.123 e. The summed E-state index contributed by atoms with van der Waals surface area (Å²) in [5.74, 6) is 1.32. The smallest absolute Gasteiger partial charge is 0.123 e. The second kappa shape index (κ2) is 3.66. The first-order chi connectivity index (χ1) is 7.69. The van der Waals surface area contributed by atoms with Gasteiger partial charge in [0, 0.05) is 5.56 Å². The Morgan fingerprint density at radius 2 is 1.88 bits per heavy atom. The third-order valence-electron chi connectivity index (χ3n) is 3.37. The zero-order valence-electron chi connectivity index (χ0n) is 11.4. The average Bonchev–Trinajstić information content (AvgIpc) is 2.15. The lowest BCUT2D eigenvalue weighted by Gasteiger charge is -2.34. The van der Waals surface area contributed by atoms with Crippen LogP contribution in [0, 0.1) is 0 Å². The Kier molecular flexibility index (Phi) is 2.64. The molecule has 17 heavy (non-hydrogen) atoms.